The molecule has 0 fully saturated rings. The van der Waals surface area contributed by atoms with Crippen molar-refractivity contribution in [1.29, 1.82) is 0 Å². The van der Waals surface area contributed by atoms with Crippen molar-refractivity contribution in [2.75, 3.05) is 10.8 Å². The van der Waals surface area contributed by atoms with Crippen LogP contribution in [-0.4, -0.2) is 20.7 Å². The lowest BCUT2D eigenvalue weighted by atomic mass is 10.00. The zero-order valence-corrected chi connectivity index (χ0v) is 14.3. The molecule has 0 saturated carbocycles. The van der Waals surface area contributed by atoms with Crippen molar-refractivity contribution in [2.24, 2.45) is 5.92 Å². The fourth-order valence-electron chi connectivity index (χ4n) is 3.38. The van der Waals surface area contributed by atoms with E-state index < -0.39 is 10.0 Å². The van der Waals surface area contributed by atoms with Crippen molar-refractivity contribution < 1.29 is 13.2 Å². The Morgan fingerprint density at radius 1 is 1.17 bits per heavy atom. The molecule has 0 bridgehead atoms. The molecule has 0 amide bonds. The molecule has 122 valence electrons. The number of sulfonamides is 1. The summed E-state index contributed by atoms with van der Waals surface area (Å²) in [7, 11) is -3.45. The summed E-state index contributed by atoms with van der Waals surface area (Å²) in [6.45, 7) is 4.09. The summed E-state index contributed by atoms with van der Waals surface area (Å²) in [4.78, 5) is 11.6. The highest BCUT2D eigenvalue weighted by atomic mass is 32.2. The van der Waals surface area contributed by atoms with Crippen molar-refractivity contribution in [3.8, 4) is 0 Å². The van der Waals surface area contributed by atoms with Crippen LogP contribution in [0.5, 0.6) is 0 Å². The second kappa shape index (κ2) is 5.96. The molecule has 0 aromatic heterocycles. The smallest absolute Gasteiger partial charge is 0.265 e. The van der Waals surface area contributed by atoms with Gasteiger partial charge in [-0.25, -0.2) is 8.42 Å². The molecule has 2 aromatic rings. The first-order valence-corrected chi connectivity index (χ1v) is 9.39. The normalized spacial score (nSPS) is 16.7. The summed E-state index contributed by atoms with van der Waals surface area (Å²) < 4.78 is 27.1. The van der Waals surface area contributed by atoms with Gasteiger partial charge in [-0.3, -0.25) is 4.31 Å². The number of carbonyl (C=O) groups is 1. The minimum Gasteiger partial charge on any atom is -0.300 e. The van der Waals surface area contributed by atoms with Crippen LogP contribution >= 0.6 is 0 Å². The average molecular weight is 331 g/mol. The lowest BCUT2D eigenvalue weighted by Gasteiger charge is -2.19. The number of benzene rings is 2. The average Bonchev–Trinajstić information content (AvgIpc) is 2.70. The Bertz CT molecular complexity index is 852. The minimum atomic E-state index is -3.45. The lowest BCUT2D eigenvalue weighted by molar-refractivity contribution is -0.117. The summed E-state index contributed by atoms with van der Waals surface area (Å²) in [6, 6.07) is 11.1. The number of anilines is 1. The molecule has 0 radical (unpaired) electrons. The Morgan fingerprint density at radius 3 is 2.57 bits per heavy atom. The summed E-state index contributed by atoms with van der Waals surface area (Å²) in [5, 5.41) is 1.78. The van der Waals surface area contributed by atoms with Crippen LogP contribution in [0.1, 0.15) is 33.1 Å². The van der Waals surface area contributed by atoms with Gasteiger partial charge in [0.25, 0.3) is 10.0 Å². The number of hydrogen-bond donors (Lipinski definition) is 0. The molecule has 0 saturated heterocycles. The highest BCUT2D eigenvalue weighted by Crippen LogP contribution is 2.42. The highest BCUT2D eigenvalue weighted by Gasteiger charge is 2.34. The van der Waals surface area contributed by atoms with Crippen molar-refractivity contribution in [2.45, 2.75) is 38.0 Å². The third-order valence-corrected chi connectivity index (χ3v) is 6.23. The van der Waals surface area contributed by atoms with Gasteiger partial charge in [0.15, 0.2) is 0 Å². The van der Waals surface area contributed by atoms with Crippen LogP contribution < -0.4 is 4.31 Å². The van der Waals surface area contributed by atoms with Gasteiger partial charge in [0.1, 0.15) is 5.78 Å². The maximum absolute atomic E-state index is 12.8. The van der Waals surface area contributed by atoms with Gasteiger partial charge >= 0.3 is 0 Å². The zero-order chi connectivity index (χ0) is 16.6. The Kier molecular flexibility index (Phi) is 4.15. The number of Topliss-reactive ketones (excluding diaryl/α,β-unsaturated/α-hetero) is 1. The topological polar surface area (TPSA) is 54.5 Å². The molecule has 3 rings (SSSR count). The molecule has 23 heavy (non-hydrogen) atoms. The van der Waals surface area contributed by atoms with Gasteiger partial charge in [-0.05, 0) is 43.2 Å². The van der Waals surface area contributed by atoms with Crippen LogP contribution in [0.3, 0.4) is 0 Å². The predicted molar refractivity (Wildman–Crippen MR) is 92.2 cm³/mol. The van der Waals surface area contributed by atoms with Gasteiger partial charge in [-0.1, -0.05) is 31.2 Å². The van der Waals surface area contributed by atoms with Gasteiger partial charge < -0.3 is 4.79 Å². The van der Waals surface area contributed by atoms with Crippen LogP contribution in [-0.2, 0) is 14.8 Å². The fraction of sp³-hybridized carbons (Fsp3) is 0.389. The van der Waals surface area contributed by atoms with Gasteiger partial charge in [0, 0.05) is 18.4 Å². The standard InChI is InChI=1S/C18H21NO3S/c1-13(12-14(2)20)6-5-11-19-16-9-3-7-15-8-4-10-17(18(15)16)23(19,21)22/h3-4,7-10,13H,5-6,11-12H2,1-2H3. The van der Waals surface area contributed by atoms with Crippen LogP contribution in [0.15, 0.2) is 41.3 Å². The molecule has 0 aliphatic carbocycles. The lowest BCUT2D eigenvalue weighted by Crippen LogP contribution is -2.28. The molecular weight excluding hydrogens is 310 g/mol. The van der Waals surface area contributed by atoms with Gasteiger partial charge in [0.2, 0.25) is 0 Å². The number of rotatable bonds is 6. The Labute approximate surface area is 137 Å². The van der Waals surface area contributed by atoms with Crippen LogP contribution in [0.4, 0.5) is 5.69 Å². The Morgan fingerprint density at radius 2 is 1.87 bits per heavy atom. The zero-order valence-electron chi connectivity index (χ0n) is 13.5. The van der Waals surface area contributed by atoms with E-state index in [1.54, 1.807) is 19.1 Å². The first-order valence-electron chi connectivity index (χ1n) is 7.95. The van der Waals surface area contributed by atoms with E-state index >= 15 is 0 Å². The predicted octanol–water partition coefficient (Wildman–Crippen LogP) is 3.74. The van der Waals surface area contributed by atoms with Crippen molar-refractivity contribution in [3.05, 3.63) is 36.4 Å². The number of ketones is 1. The van der Waals surface area contributed by atoms with E-state index in [4.69, 9.17) is 0 Å². The summed E-state index contributed by atoms with van der Waals surface area (Å²) in [5.74, 6) is 0.472. The van der Waals surface area contributed by atoms with Crippen molar-refractivity contribution >= 4 is 32.3 Å². The molecule has 4 nitrogen and oxygen atoms in total. The summed E-state index contributed by atoms with van der Waals surface area (Å²) in [6.07, 6.45) is 2.15. The van der Waals surface area contributed by atoms with E-state index in [0.29, 0.717) is 17.9 Å². The molecule has 2 aromatic carbocycles. The van der Waals surface area contributed by atoms with Gasteiger partial charge in [0.05, 0.1) is 10.6 Å². The van der Waals surface area contributed by atoms with Gasteiger partial charge in [-0.2, -0.15) is 0 Å². The molecular formula is C18H21NO3S. The molecule has 0 N–H and O–H groups in total. The molecule has 1 unspecified atom stereocenters. The number of hydrogen-bond acceptors (Lipinski definition) is 3. The molecule has 5 heteroatoms. The van der Waals surface area contributed by atoms with E-state index in [0.717, 1.165) is 29.3 Å². The van der Waals surface area contributed by atoms with E-state index in [1.807, 2.05) is 31.2 Å². The minimum absolute atomic E-state index is 0.184. The third kappa shape index (κ3) is 2.85. The maximum atomic E-state index is 12.8. The van der Waals surface area contributed by atoms with Crippen LogP contribution in [0, 0.1) is 5.92 Å². The molecule has 1 heterocycles. The number of carbonyl (C=O) groups excluding carboxylic acids is 1. The highest BCUT2D eigenvalue weighted by molar-refractivity contribution is 7.93. The number of nitrogens with zero attached hydrogens (tertiary/aromatic N) is 1. The van der Waals surface area contributed by atoms with E-state index in [-0.39, 0.29) is 11.7 Å². The monoisotopic (exact) mass is 331 g/mol. The first kappa shape index (κ1) is 16.0. The largest absolute Gasteiger partial charge is 0.300 e. The van der Waals surface area contributed by atoms with Crippen LogP contribution in [0.25, 0.3) is 10.8 Å². The van der Waals surface area contributed by atoms with Crippen molar-refractivity contribution in [1.82, 2.24) is 0 Å². The molecule has 1 aliphatic heterocycles. The fourth-order valence-corrected chi connectivity index (χ4v) is 5.12. The maximum Gasteiger partial charge on any atom is 0.265 e. The second-order valence-corrected chi connectivity index (χ2v) is 8.19. The van der Waals surface area contributed by atoms with E-state index in [2.05, 4.69) is 0 Å². The van der Waals surface area contributed by atoms with E-state index in [9.17, 15) is 13.2 Å². The quantitative estimate of drug-likeness (QED) is 0.810. The third-order valence-electron chi connectivity index (χ3n) is 4.38. The molecule has 0 spiro atoms. The molecule has 1 atom stereocenters. The summed E-state index contributed by atoms with van der Waals surface area (Å²) >= 11 is 0. The van der Waals surface area contributed by atoms with Crippen LogP contribution in [0.2, 0.25) is 0 Å². The van der Waals surface area contributed by atoms with Gasteiger partial charge in [-0.15, -0.1) is 0 Å². The SMILES string of the molecule is CC(=O)CC(C)CCCN1c2cccc3cccc(c23)S1(=O)=O. The second-order valence-electron chi connectivity index (χ2n) is 6.36. The molecule has 1 aliphatic rings. The van der Waals surface area contributed by atoms with E-state index in [1.165, 1.54) is 4.31 Å². The summed E-state index contributed by atoms with van der Waals surface area (Å²) in [5.41, 5.74) is 0.775. The van der Waals surface area contributed by atoms with Crippen molar-refractivity contribution in [3.63, 3.8) is 0 Å². The Hall–Kier alpha value is -1.88. The first-order chi connectivity index (χ1) is 10.9. The Balaban J connectivity index is 1.82.